The summed E-state index contributed by atoms with van der Waals surface area (Å²) in [5, 5.41) is 0. The van der Waals surface area contributed by atoms with Gasteiger partial charge in [0.15, 0.2) is 5.78 Å². The Labute approximate surface area is 209 Å². The Morgan fingerprint density at radius 3 is 2.29 bits per heavy atom. The molecule has 0 spiro atoms. The first-order chi connectivity index (χ1) is 16.3. The molecule has 180 valence electrons. The molecule has 2 unspecified atom stereocenters. The molecule has 2 aliphatic heterocycles. The van der Waals surface area contributed by atoms with Crippen LogP contribution in [0.3, 0.4) is 0 Å². The molecule has 3 heterocycles. The van der Waals surface area contributed by atoms with Crippen LogP contribution in [-0.4, -0.2) is 28.9 Å². The number of hydrogen-bond donors (Lipinski definition) is 2. The number of halogens is 3. The lowest BCUT2D eigenvalue weighted by molar-refractivity contribution is -0.124. The Kier molecular flexibility index (Phi) is 6.49. The number of ketones is 1. The predicted molar refractivity (Wildman–Crippen MR) is 138 cm³/mol. The van der Waals surface area contributed by atoms with E-state index in [1.165, 1.54) is 10.6 Å². The van der Waals surface area contributed by atoms with Gasteiger partial charge in [-0.05, 0) is 29.8 Å². The minimum atomic E-state index is -2.26. The molecule has 4 N–H and O–H groups in total. The maximum atomic E-state index is 16.9. The van der Waals surface area contributed by atoms with Crippen molar-refractivity contribution >= 4 is 37.1 Å². The van der Waals surface area contributed by atoms with Crippen LogP contribution in [0.5, 0.6) is 0 Å². The summed E-state index contributed by atoms with van der Waals surface area (Å²) in [7, 11) is -1.96. The van der Waals surface area contributed by atoms with Gasteiger partial charge in [0.05, 0.1) is 0 Å². The normalized spacial score (nSPS) is 20.3. The summed E-state index contributed by atoms with van der Waals surface area (Å²) in [6.07, 6.45) is 3.33. The number of allylic oxidation sites excluding steroid dienone is 1. The van der Waals surface area contributed by atoms with Crippen molar-refractivity contribution in [3.63, 3.8) is 0 Å². The Hall–Kier alpha value is -3.20. The van der Waals surface area contributed by atoms with Crippen molar-refractivity contribution in [1.82, 2.24) is 9.29 Å². The zero-order chi connectivity index (χ0) is 24.1. The molecule has 9 heteroatoms. The van der Waals surface area contributed by atoms with Gasteiger partial charge in [-0.25, -0.2) is 4.39 Å². The smallest absolute Gasteiger partial charge is 0.337 e. The van der Waals surface area contributed by atoms with Gasteiger partial charge in [-0.15, -0.1) is 12.4 Å². The predicted octanol–water partition coefficient (Wildman–Crippen LogP) is 4.38. The average Bonchev–Trinajstić information content (AvgIpc) is 3.45. The molecule has 0 aliphatic carbocycles. The first kappa shape index (κ1) is 24.9. The fourth-order valence-corrected chi connectivity index (χ4v) is 4.92. The van der Waals surface area contributed by atoms with Gasteiger partial charge >= 0.3 is 7.26 Å². The molecule has 5 rings (SSSR count). The zero-order valence-corrected chi connectivity index (χ0v) is 20.0. The molecular weight excluding hydrogens is 469 g/mol. The molecule has 1 aromatic heterocycles. The van der Waals surface area contributed by atoms with Gasteiger partial charge in [0.2, 0.25) is 5.79 Å². The number of nitrogens with zero attached hydrogens (tertiary/aromatic N) is 2. The number of rotatable bonds is 6. The summed E-state index contributed by atoms with van der Waals surface area (Å²) in [6.45, 7) is 1.49. The summed E-state index contributed by atoms with van der Waals surface area (Å²) in [4.78, 5) is 13.8. The van der Waals surface area contributed by atoms with Gasteiger partial charge in [-0.2, -0.15) is 0 Å². The van der Waals surface area contributed by atoms with Crippen LogP contribution in [0.2, 0.25) is 0 Å². The Morgan fingerprint density at radius 2 is 1.69 bits per heavy atom. The third kappa shape index (κ3) is 3.64. The van der Waals surface area contributed by atoms with Crippen LogP contribution in [0.4, 0.5) is 8.71 Å². The summed E-state index contributed by atoms with van der Waals surface area (Å²) in [5.74, 6) is -2.57. The van der Waals surface area contributed by atoms with E-state index in [0.29, 0.717) is 22.5 Å². The lowest BCUT2D eigenvalue weighted by Gasteiger charge is -2.39. The van der Waals surface area contributed by atoms with Crippen LogP contribution in [-0.2, 0) is 16.1 Å². The van der Waals surface area contributed by atoms with E-state index in [4.69, 9.17) is 11.5 Å². The molecule has 0 saturated carbocycles. The Balaban J connectivity index is 0.00000289. The summed E-state index contributed by atoms with van der Waals surface area (Å²) in [6, 6.07) is 21.1. The number of carbonyl (C=O) groups is 1. The number of alkyl halides is 1. The number of carbonyl (C=O) groups excluding carboxylic acids is 1. The highest BCUT2D eigenvalue weighted by Crippen LogP contribution is 2.50. The van der Waals surface area contributed by atoms with E-state index in [0.717, 1.165) is 10.4 Å². The molecule has 5 nitrogen and oxygen atoms in total. The van der Waals surface area contributed by atoms with E-state index in [1.807, 2.05) is 30.3 Å². The number of aromatic nitrogens is 1. The van der Waals surface area contributed by atoms with Gasteiger partial charge in [0.25, 0.3) is 0 Å². The summed E-state index contributed by atoms with van der Waals surface area (Å²) < 4.78 is 34.7. The third-order valence-electron chi connectivity index (χ3n) is 6.74. The molecule has 0 bridgehead atoms. The molecule has 3 aromatic rings. The minimum absolute atomic E-state index is 0. The molecule has 0 radical (unpaired) electrons. The second-order valence-corrected chi connectivity index (χ2v) is 8.64. The second-order valence-electron chi connectivity index (χ2n) is 8.64. The first-order valence-electron chi connectivity index (χ1n) is 11.3. The van der Waals surface area contributed by atoms with E-state index in [-0.39, 0.29) is 36.8 Å². The van der Waals surface area contributed by atoms with Crippen molar-refractivity contribution in [2.24, 2.45) is 11.5 Å². The van der Waals surface area contributed by atoms with Crippen LogP contribution in [0, 0.1) is 0 Å². The standard InChI is InChI=1S/C26H25BF2N4O.ClH/c1-2-24(34)25(31,17-30)23-14-13-20-15-22-21(18-9-5-3-6-10-18)16-26(28,19-11-7-4-8-12-19)33(22)27(29)32(20)23;/h3-16H,2,17,30-31H2,1H3;1H. The van der Waals surface area contributed by atoms with E-state index in [1.54, 1.807) is 55.5 Å². The summed E-state index contributed by atoms with van der Waals surface area (Å²) >= 11 is 0. The van der Waals surface area contributed by atoms with Gasteiger partial charge < -0.3 is 20.8 Å². The van der Waals surface area contributed by atoms with E-state index in [2.05, 4.69) is 0 Å². The highest BCUT2D eigenvalue weighted by molar-refractivity contribution is 6.49. The maximum Gasteiger partial charge on any atom is 0.595 e. The van der Waals surface area contributed by atoms with Crippen molar-refractivity contribution < 1.29 is 13.5 Å². The van der Waals surface area contributed by atoms with Crippen LogP contribution in [0.15, 0.2) is 84.6 Å². The third-order valence-corrected chi connectivity index (χ3v) is 6.74. The van der Waals surface area contributed by atoms with Gasteiger partial charge in [-0.3, -0.25) is 9.11 Å². The van der Waals surface area contributed by atoms with Crippen LogP contribution >= 0.6 is 12.4 Å². The number of hydrogen-bond acceptors (Lipinski definition) is 4. The van der Waals surface area contributed by atoms with E-state index >= 15 is 8.71 Å². The molecule has 2 aliphatic rings. The molecule has 2 aromatic carbocycles. The quantitative estimate of drug-likeness (QED) is 0.394. The lowest BCUT2D eigenvalue weighted by atomic mass is 9.85. The number of fused-ring (bicyclic) bond motifs is 2. The Morgan fingerprint density at radius 1 is 1.06 bits per heavy atom. The molecular formula is C26H26BClF2N4O. The fraction of sp³-hybridized carbons (Fsp3) is 0.192. The SMILES string of the molecule is CCC(=O)C(N)(CN)c1ccc2n1B(F)N1C(=C2)C(c2ccccc2)=CC1(F)c1ccccc1.Cl. The summed E-state index contributed by atoms with van der Waals surface area (Å²) in [5.41, 5.74) is 13.5. The van der Waals surface area contributed by atoms with Crippen molar-refractivity contribution in [3.8, 4) is 0 Å². The number of benzene rings is 2. The molecule has 0 saturated heterocycles. The van der Waals surface area contributed by atoms with Crippen molar-refractivity contribution in [2.45, 2.75) is 24.7 Å². The van der Waals surface area contributed by atoms with Crippen LogP contribution in [0.25, 0.3) is 11.6 Å². The van der Waals surface area contributed by atoms with Gasteiger partial charge in [-0.1, -0.05) is 67.6 Å². The topological polar surface area (TPSA) is 77.3 Å². The molecule has 35 heavy (non-hydrogen) atoms. The van der Waals surface area contributed by atoms with Crippen LogP contribution < -0.4 is 11.5 Å². The largest absolute Gasteiger partial charge is 0.595 e. The maximum absolute atomic E-state index is 16.9. The second kappa shape index (κ2) is 9.11. The highest BCUT2D eigenvalue weighted by atomic mass is 35.5. The molecule has 0 fully saturated rings. The monoisotopic (exact) mass is 494 g/mol. The molecule has 2 atom stereocenters. The van der Waals surface area contributed by atoms with Gasteiger partial charge in [0, 0.05) is 41.2 Å². The fourth-order valence-electron chi connectivity index (χ4n) is 4.92. The Bertz CT molecular complexity index is 1310. The average molecular weight is 495 g/mol. The van der Waals surface area contributed by atoms with Crippen LogP contribution in [0.1, 0.15) is 35.9 Å². The van der Waals surface area contributed by atoms with E-state index < -0.39 is 18.6 Å². The number of nitrogens with two attached hydrogens (primary N) is 2. The minimum Gasteiger partial charge on any atom is -0.337 e. The first-order valence-corrected chi connectivity index (χ1v) is 11.3. The van der Waals surface area contributed by atoms with Crippen molar-refractivity contribution in [1.29, 1.82) is 0 Å². The van der Waals surface area contributed by atoms with Crippen molar-refractivity contribution in [2.75, 3.05) is 6.54 Å². The van der Waals surface area contributed by atoms with Gasteiger partial charge in [0.1, 0.15) is 5.54 Å². The molecule has 0 amide bonds. The highest BCUT2D eigenvalue weighted by Gasteiger charge is 2.55. The number of Topliss-reactive ketones (excluding diaryl/α,β-unsaturated/α-hetero) is 1. The van der Waals surface area contributed by atoms with E-state index in [9.17, 15) is 4.79 Å². The zero-order valence-electron chi connectivity index (χ0n) is 19.2. The van der Waals surface area contributed by atoms with Crippen molar-refractivity contribution in [3.05, 3.63) is 107 Å². The lowest BCUT2D eigenvalue weighted by Crippen LogP contribution is -2.56.